The number of hydrogen-bond donors (Lipinski definition) is 2. The number of allylic oxidation sites excluding steroid dienone is 1. The van der Waals surface area contributed by atoms with Crippen molar-refractivity contribution < 1.29 is 15.0 Å². The lowest BCUT2D eigenvalue weighted by Crippen LogP contribution is -1.90. The summed E-state index contributed by atoms with van der Waals surface area (Å²) in [6.45, 7) is 0. The number of carbonyl (C=O) groups excluding carboxylic acids is 1. The first kappa shape index (κ1) is 8.33. The molecule has 0 aromatic heterocycles. The molecule has 0 unspecified atom stereocenters. The largest absolute Gasteiger partial charge is 0.504 e. The predicted octanol–water partition coefficient (Wildman–Crippen LogP) is 1.58. The van der Waals surface area contributed by atoms with Crippen LogP contribution in [0.15, 0.2) is 36.1 Å². The Balaban J connectivity index is 3.08. The van der Waals surface area contributed by atoms with Crippen molar-refractivity contribution in [1.29, 1.82) is 0 Å². The SMILES string of the molecule is O=[C]C(O)=C(O)c1ccccc1. The third-order valence-corrected chi connectivity index (χ3v) is 1.37. The van der Waals surface area contributed by atoms with Gasteiger partial charge in [0.1, 0.15) is 0 Å². The zero-order chi connectivity index (χ0) is 8.97. The molecule has 3 nitrogen and oxygen atoms in total. The molecule has 1 aromatic rings. The van der Waals surface area contributed by atoms with Crippen molar-refractivity contribution >= 4 is 12.0 Å². The highest BCUT2D eigenvalue weighted by Crippen LogP contribution is 2.12. The van der Waals surface area contributed by atoms with Crippen LogP contribution in [0.1, 0.15) is 5.56 Å². The highest BCUT2D eigenvalue weighted by atomic mass is 16.3. The maximum atomic E-state index is 9.93. The molecule has 12 heavy (non-hydrogen) atoms. The molecule has 0 aliphatic carbocycles. The molecule has 1 rings (SSSR count). The molecule has 0 saturated heterocycles. The Morgan fingerprint density at radius 3 is 2.25 bits per heavy atom. The summed E-state index contributed by atoms with van der Waals surface area (Å²) < 4.78 is 0. The van der Waals surface area contributed by atoms with Crippen LogP contribution < -0.4 is 0 Å². The summed E-state index contributed by atoms with van der Waals surface area (Å²) in [6.07, 6.45) is 1.20. The first-order valence-electron chi connectivity index (χ1n) is 3.31. The van der Waals surface area contributed by atoms with Crippen LogP contribution in [0.25, 0.3) is 5.76 Å². The maximum Gasteiger partial charge on any atom is 0.275 e. The third kappa shape index (κ3) is 1.63. The molecule has 0 saturated carbocycles. The zero-order valence-corrected chi connectivity index (χ0v) is 6.19. The van der Waals surface area contributed by atoms with Crippen LogP contribution in [0.2, 0.25) is 0 Å². The topological polar surface area (TPSA) is 57.5 Å². The fourth-order valence-corrected chi connectivity index (χ4v) is 0.781. The molecule has 1 aromatic carbocycles. The Morgan fingerprint density at radius 2 is 1.75 bits per heavy atom. The van der Waals surface area contributed by atoms with E-state index in [-0.39, 0.29) is 0 Å². The summed E-state index contributed by atoms with van der Waals surface area (Å²) in [5.74, 6) is -1.23. The van der Waals surface area contributed by atoms with Crippen molar-refractivity contribution in [3.05, 3.63) is 41.7 Å². The van der Waals surface area contributed by atoms with E-state index < -0.39 is 11.5 Å². The van der Waals surface area contributed by atoms with Crippen LogP contribution in [-0.2, 0) is 4.79 Å². The first-order chi connectivity index (χ1) is 5.75. The first-order valence-corrected chi connectivity index (χ1v) is 3.31. The van der Waals surface area contributed by atoms with E-state index in [0.717, 1.165) is 0 Å². The monoisotopic (exact) mass is 163 g/mol. The van der Waals surface area contributed by atoms with Crippen LogP contribution in [0, 0.1) is 0 Å². The molecule has 0 spiro atoms. The quantitative estimate of drug-likeness (QED) is 0.514. The second-order valence-electron chi connectivity index (χ2n) is 2.17. The molecule has 0 aliphatic rings. The van der Waals surface area contributed by atoms with E-state index in [9.17, 15) is 4.79 Å². The second-order valence-corrected chi connectivity index (χ2v) is 2.17. The molecule has 1 radical (unpaired) electrons. The molecule has 2 N–H and O–H groups in total. The average Bonchev–Trinajstić information content (AvgIpc) is 2.17. The van der Waals surface area contributed by atoms with Crippen LogP contribution in [-0.4, -0.2) is 16.5 Å². The molecular formula is C9H7O3. The van der Waals surface area contributed by atoms with Gasteiger partial charge in [-0.3, -0.25) is 4.79 Å². The highest BCUT2D eigenvalue weighted by Gasteiger charge is 2.04. The minimum atomic E-state index is -0.777. The van der Waals surface area contributed by atoms with Gasteiger partial charge < -0.3 is 10.2 Å². The minimum absolute atomic E-state index is 0.387. The highest BCUT2D eigenvalue weighted by molar-refractivity contribution is 5.82. The van der Waals surface area contributed by atoms with Crippen molar-refractivity contribution in [2.45, 2.75) is 0 Å². The van der Waals surface area contributed by atoms with Gasteiger partial charge in [0.05, 0.1) is 0 Å². The molecule has 61 valence electrons. The smallest absolute Gasteiger partial charge is 0.275 e. The molecule has 3 heteroatoms. The van der Waals surface area contributed by atoms with Gasteiger partial charge in [-0.2, -0.15) is 0 Å². The number of aliphatic hydroxyl groups excluding tert-OH is 2. The van der Waals surface area contributed by atoms with E-state index >= 15 is 0 Å². The summed E-state index contributed by atoms with van der Waals surface area (Å²) in [5, 5.41) is 17.9. The standard InChI is InChI=1S/C9H7O3/c10-6-8(11)9(12)7-4-2-1-3-5-7/h1-5,11-12H. The van der Waals surface area contributed by atoms with Crippen LogP contribution in [0.4, 0.5) is 0 Å². The lowest BCUT2D eigenvalue weighted by Gasteiger charge is -1.98. The van der Waals surface area contributed by atoms with Gasteiger partial charge in [-0.05, 0) is 0 Å². The van der Waals surface area contributed by atoms with Gasteiger partial charge in [-0.25, -0.2) is 0 Å². The number of benzene rings is 1. The van der Waals surface area contributed by atoms with Crippen molar-refractivity contribution in [1.82, 2.24) is 0 Å². The van der Waals surface area contributed by atoms with Crippen molar-refractivity contribution in [3.63, 3.8) is 0 Å². The van der Waals surface area contributed by atoms with E-state index in [1.54, 1.807) is 30.3 Å². The van der Waals surface area contributed by atoms with E-state index in [2.05, 4.69) is 0 Å². The lowest BCUT2D eigenvalue weighted by atomic mass is 10.2. The van der Waals surface area contributed by atoms with Crippen LogP contribution >= 0.6 is 0 Å². The van der Waals surface area contributed by atoms with E-state index in [1.807, 2.05) is 0 Å². The second kappa shape index (κ2) is 3.57. The van der Waals surface area contributed by atoms with Crippen LogP contribution in [0.5, 0.6) is 0 Å². The van der Waals surface area contributed by atoms with Gasteiger partial charge in [-0.1, -0.05) is 30.3 Å². The molecular weight excluding hydrogens is 156 g/mol. The summed E-state index contributed by atoms with van der Waals surface area (Å²) in [5.41, 5.74) is 0.387. The van der Waals surface area contributed by atoms with Gasteiger partial charge in [0.25, 0.3) is 6.29 Å². The maximum absolute atomic E-state index is 9.93. The van der Waals surface area contributed by atoms with Crippen molar-refractivity contribution in [2.24, 2.45) is 0 Å². The number of rotatable bonds is 2. The Kier molecular flexibility index (Phi) is 2.48. The van der Waals surface area contributed by atoms with Crippen LogP contribution in [0.3, 0.4) is 0 Å². The molecule has 0 amide bonds. The predicted molar refractivity (Wildman–Crippen MR) is 44.3 cm³/mol. The summed E-state index contributed by atoms with van der Waals surface area (Å²) >= 11 is 0. The van der Waals surface area contributed by atoms with Gasteiger partial charge in [0.15, 0.2) is 5.76 Å². The van der Waals surface area contributed by atoms with Gasteiger partial charge in [0, 0.05) is 5.56 Å². The van der Waals surface area contributed by atoms with E-state index in [0.29, 0.717) is 5.56 Å². The van der Waals surface area contributed by atoms with Gasteiger partial charge in [-0.15, -0.1) is 0 Å². The van der Waals surface area contributed by atoms with E-state index in [1.165, 1.54) is 6.29 Å². The van der Waals surface area contributed by atoms with Gasteiger partial charge >= 0.3 is 0 Å². The van der Waals surface area contributed by atoms with Crippen molar-refractivity contribution in [2.75, 3.05) is 0 Å². The fourth-order valence-electron chi connectivity index (χ4n) is 0.781. The molecule has 0 fully saturated rings. The molecule has 0 atom stereocenters. The zero-order valence-electron chi connectivity index (χ0n) is 6.19. The molecule has 0 aliphatic heterocycles. The number of hydrogen-bond acceptors (Lipinski definition) is 3. The van der Waals surface area contributed by atoms with Gasteiger partial charge in [0.2, 0.25) is 5.76 Å². The summed E-state index contributed by atoms with van der Waals surface area (Å²) in [4.78, 5) is 9.93. The molecule has 0 bridgehead atoms. The number of aliphatic hydroxyl groups is 2. The van der Waals surface area contributed by atoms with Crippen molar-refractivity contribution in [3.8, 4) is 0 Å². The Hall–Kier alpha value is -1.77. The normalized spacial score (nSPS) is 12.0. The Labute approximate surface area is 69.6 Å². The minimum Gasteiger partial charge on any atom is -0.504 e. The summed E-state index contributed by atoms with van der Waals surface area (Å²) in [7, 11) is 0. The Bertz CT molecular complexity index is 301. The molecule has 0 heterocycles. The lowest BCUT2D eigenvalue weighted by molar-refractivity contribution is 0.397. The van der Waals surface area contributed by atoms with E-state index in [4.69, 9.17) is 10.2 Å². The average molecular weight is 163 g/mol. The fraction of sp³-hybridized carbons (Fsp3) is 0. The Morgan fingerprint density at radius 1 is 1.17 bits per heavy atom. The summed E-state index contributed by atoms with van der Waals surface area (Å²) in [6, 6.07) is 8.28. The third-order valence-electron chi connectivity index (χ3n) is 1.37.